The van der Waals surface area contributed by atoms with Crippen LogP contribution >= 0.6 is 0 Å². The van der Waals surface area contributed by atoms with Gasteiger partial charge in [-0.15, -0.1) is 0 Å². The molecule has 0 bridgehead atoms. The van der Waals surface area contributed by atoms with Gasteiger partial charge in [-0.3, -0.25) is 10.2 Å². The van der Waals surface area contributed by atoms with Crippen LogP contribution in [-0.2, 0) is 14.6 Å². The average Bonchev–Trinajstić information content (AvgIpc) is 2.44. The lowest BCUT2D eigenvalue weighted by Gasteiger charge is -2.23. The van der Waals surface area contributed by atoms with Gasteiger partial charge in [0, 0.05) is 0 Å². The topological polar surface area (TPSA) is 134 Å². The Morgan fingerprint density at radius 3 is 2.23 bits per heavy atom. The SMILES string of the molecule is NNC(=O)C(O)C1C2(O)OOC12O. The Kier molecular flexibility index (Phi) is 1.48. The molecule has 8 heteroatoms. The maximum atomic E-state index is 10.8. The highest BCUT2D eigenvalue weighted by molar-refractivity contribution is 5.81. The maximum absolute atomic E-state index is 10.8. The first kappa shape index (κ1) is 8.81. The molecule has 6 N–H and O–H groups in total. The van der Waals surface area contributed by atoms with Crippen LogP contribution in [0.2, 0.25) is 0 Å². The van der Waals surface area contributed by atoms with E-state index in [0.717, 1.165) is 0 Å². The van der Waals surface area contributed by atoms with Crippen molar-refractivity contribution in [3.05, 3.63) is 0 Å². The van der Waals surface area contributed by atoms with Crippen molar-refractivity contribution < 1.29 is 29.9 Å². The minimum absolute atomic E-state index is 0.937. The molecule has 13 heavy (non-hydrogen) atoms. The molecular formula is C5H8N2O6. The van der Waals surface area contributed by atoms with E-state index in [0.29, 0.717) is 0 Å². The van der Waals surface area contributed by atoms with Crippen molar-refractivity contribution >= 4 is 5.91 Å². The minimum atomic E-state index is -1.99. The first-order valence-electron chi connectivity index (χ1n) is 3.47. The van der Waals surface area contributed by atoms with Gasteiger partial charge in [0.1, 0.15) is 12.0 Å². The molecule has 3 atom stereocenters. The van der Waals surface area contributed by atoms with E-state index in [4.69, 9.17) is 5.84 Å². The van der Waals surface area contributed by atoms with Crippen molar-refractivity contribution in [2.45, 2.75) is 17.7 Å². The Morgan fingerprint density at radius 2 is 1.92 bits per heavy atom. The summed E-state index contributed by atoms with van der Waals surface area (Å²) in [5.41, 5.74) is 1.67. The number of rotatable bonds is 2. The fourth-order valence-corrected chi connectivity index (χ4v) is 1.40. The predicted octanol–water partition coefficient (Wildman–Crippen LogP) is -3.69. The van der Waals surface area contributed by atoms with E-state index in [1.807, 2.05) is 0 Å². The number of aliphatic hydroxyl groups is 3. The molecule has 1 aliphatic carbocycles. The number of fused-ring (bicyclic) bond motifs is 1. The Balaban J connectivity index is 2.09. The van der Waals surface area contributed by atoms with Gasteiger partial charge < -0.3 is 15.3 Å². The van der Waals surface area contributed by atoms with Gasteiger partial charge >= 0.3 is 0 Å². The summed E-state index contributed by atoms with van der Waals surface area (Å²) < 4.78 is 0. The first-order chi connectivity index (χ1) is 5.97. The van der Waals surface area contributed by atoms with E-state index in [1.165, 1.54) is 0 Å². The summed E-state index contributed by atoms with van der Waals surface area (Å²) in [6.45, 7) is 0. The Hall–Kier alpha value is -0.770. The third-order valence-electron chi connectivity index (χ3n) is 2.30. The fourth-order valence-electron chi connectivity index (χ4n) is 1.40. The maximum Gasteiger partial charge on any atom is 0.268 e. The van der Waals surface area contributed by atoms with Crippen LogP contribution in [0.15, 0.2) is 0 Å². The zero-order valence-electron chi connectivity index (χ0n) is 6.30. The number of aliphatic hydroxyl groups excluding tert-OH is 1. The molecular weight excluding hydrogens is 184 g/mol. The first-order valence-corrected chi connectivity index (χ1v) is 3.47. The van der Waals surface area contributed by atoms with Crippen LogP contribution in [0.1, 0.15) is 0 Å². The van der Waals surface area contributed by atoms with Crippen molar-refractivity contribution in [3.63, 3.8) is 0 Å². The monoisotopic (exact) mass is 192 g/mol. The summed E-state index contributed by atoms with van der Waals surface area (Å²) in [6.07, 6.45) is -1.68. The second-order valence-corrected chi connectivity index (χ2v) is 2.99. The van der Waals surface area contributed by atoms with Gasteiger partial charge in [0.05, 0.1) is 0 Å². The van der Waals surface area contributed by atoms with Crippen LogP contribution in [0.4, 0.5) is 0 Å². The molecule has 1 aliphatic heterocycles. The van der Waals surface area contributed by atoms with E-state index in [2.05, 4.69) is 9.78 Å². The Bertz CT molecular complexity index is 256. The summed E-state index contributed by atoms with van der Waals surface area (Å²) in [7, 11) is 0. The molecule has 2 fully saturated rings. The molecule has 1 saturated heterocycles. The minimum Gasteiger partial charge on any atom is -0.382 e. The summed E-state index contributed by atoms with van der Waals surface area (Å²) in [4.78, 5) is 19.1. The zero-order valence-corrected chi connectivity index (χ0v) is 6.30. The molecule has 1 amide bonds. The van der Waals surface area contributed by atoms with Crippen molar-refractivity contribution in [3.8, 4) is 0 Å². The predicted molar refractivity (Wildman–Crippen MR) is 33.9 cm³/mol. The van der Waals surface area contributed by atoms with E-state index < -0.39 is 29.5 Å². The van der Waals surface area contributed by atoms with Crippen LogP contribution in [0.25, 0.3) is 0 Å². The lowest BCUT2D eigenvalue weighted by molar-refractivity contribution is -0.554. The summed E-state index contributed by atoms with van der Waals surface area (Å²) >= 11 is 0. The average molecular weight is 192 g/mol. The third-order valence-corrected chi connectivity index (χ3v) is 2.30. The van der Waals surface area contributed by atoms with Gasteiger partial charge in [0.15, 0.2) is 0 Å². The molecule has 3 unspecified atom stereocenters. The number of hydrogen-bond donors (Lipinski definition) is 5. The van der Waals surface area contributed by atoms with Crippen LogP contribution in [0, 0.1) is 5.92 Å². The number of carbonyl (C=O) groups excluding carboxylic acids is 1. The van der Waals surface area contributed by atoms with Crippen molar-refractivity contribution in [1.82, 2.24) is 5.43 Å². The van der Waals surface area contributed by atoms with Gasteiger partial charge in [-0.05, 0) is 0 Å². The van der Waals surface area contributed by atoms with Gasteiger partial charge in [0.2, 0.25) is 0 Å². The van der Waals surface area contributed by atoms with E-state index in [9.17, 15) is 20.1 Å². The molecule has 0 radical (unpaired) electrons. The second-order valence-electron chi connectivity index (χ2n) is 2.99. The molecule has 2 rings (SSSR count). The highest BCUT2D eigenvalue weighted by Crippen LogP contribution is 2.65. The molecule has 1 saturated carbocycles. The van der Waals surface area contributed by atoms with Crippen LogP contribution in [0.3, 0.4) is 0 Å². The molecule has 74 valence electrons. The standard InChI is InChI=1S/C5H8N2O6/c6-7-3(9)1(8)2-4(10)5(2,11)13-12-4/h1-2,8,10-11H,6H2,(H,7,9). The quantitative estimate of drug-likeness (QED) is 0.131. The largest absolute Gasteiger partial charge is 0.382 e. The Morgan fingerprint density at radius 1 is 1.46 bits per heavy atom. The van der Waals surface area contributed by atoms with Gasteiger partial charge in [-0.25, -0.2) is 5.84 Å². The van der Waals surface area contributed by atoms with E-state index >= 15 is 0 Å². The van der Waals surface area contributed by atoms with Gasteiger partial charge in [0.25, 0.3) is 17.5 Å². The van der Waals surface area contributed by atoms with Crippen LogP contribution in [-0.4, -0.2) is 38.9 Å². The number of amides is 1. The lowest BCUT2D eigenvalue weighted by atomic mass is 10.2. The van der Waals surface area contributed by atoms with Gasteiger partial charge in [-0.1, -0.05) is 0 Å². The zero-order chi connectivity index (χ0) is 9.85. The van der Waals surface area contributed by atoms with Crippen LogP contribution < -0.4 is 11.3 Å². The summed E-state index contributed by atoms with van der Waals surface area (Å²) in [6, 6.07) is 0. The van der Waals surface area contributed by atoms with Crippen LogP contribution in [0.5, 0.6) is 0 Å². The van der Waals surface area contributed by atoms with Crippen molar-refractivity contribution in [1.29, 1.82) is 0 Å². The van der Waals surface area contributed by atoms with Crippen molar-refractivity contribution in [2.24, 2.45) is 11.8 Å². The fraction of sp³-hybridized carbons (Fsp3) is 0.800. The molecule has 0 aromatic rings. The third kappa shape index (κ3) is 0.771. The second kappa shape index (κ2) is 2.18. The highest BCUT2D eigenvalue weighted by Gasteiger charge is 2.92. The van der Waals surface area contributed by atoms with E-state index in [1.54, 1.807) is 5.43 Å². The molecule has 8 nitrogen and oxygen atoms in total. The number of nitrogens with one attached hydrogen (secondary N) is 1. The molecule has 2 aliphatic rings. The molecule has 0 aromatic heterocycles. The smallest absolute Gasteiger partial charge is 0.268 e. The Labute approximate surface area is 71.7 Å². The van der Waals surface area contributed by atoms with Crippen molar-refractivity contribution in [2.75, 3.05) is 0 Å². The number of nitrogens with two attached hydrogens (primary N) is 1. The summed E-state index contributed by atoms with van der Waals surface area (Å²) in [5.74, 6) is -1.41. The normalized spacial score (nSPS) is 48.8. The molecule has 0 aromatic carbocycles. The summed E-state index contributed by atoms with van der Waals surface area (Å²) in [5, 5.41) is 27.7. The van der Waals surface area contributed by atoms with Gasteiger partial charge in [-0.2, -0.15) is 9.78 Å². The molecule has 0 spiro atoms. The van der Waals surface area contributed by atoms with E-state index in [-0.39, 0.29) is 0 Å². The highest BCUT2D eigenvalue weighted by atomic mass is 17.3. The number of carbonyl (C=O) groups is 1. The molecule has 1 heterocycles. The number of hydrogen-bond acceptors (Lipinski definition) is 7. The number of hydrazine groups is 1. The lowest BCUT2D eigenvalue weighted by Crippen LogP contribution is -2.42.